The standard InChI is InChI=1S/C26H33N3O/c1-4-6-23-15-21(20-8-7-19(3)26(17-20)30-5-2)16-24-9-10-25(18-29(23)24)28-13-11-22(27)12-14-28/h6-10,15-18,22H,4-5,11-14,27H2,1-3H3/b23-6-. The van der Waals surface area contributed by atoms with Crippen LogP contribution in [0.2, 0.25) is 0 Å². The quantitative estimate of drug-likeness (QED) is 0.742. The first-order chi connectivity index (χ1) is 14.6. The summed E-state index contributed by atoms with van der Waals surface area (Å²) < 4.78 is 5.83. The molecular formula is C26H33N3O. The zero-order chi connectivity index (χ0) is 21.1. The highest BCUT2D eigenvalue weighted by atomic mass is 16.5. The highest BCUT2D eigenvalue weighted by Crippen LogP contribution is 2.35. The van der Waals surface area contributed by atoms with Crippen molar-refractivity contribution < 1.29 is 4.74 Å². The maximum absolute atomic E-state index is 6.09. The topological polar surface area (TPSA) is 41.7 Å². The number of hydrogen-bond acceptors (Lipinski definition) is 4. The number of ether oxygens (including phenoxy) is 1. The van der Waals surface area contributed by atoms with E-state index in [0.29, 0.717) is 12.6 Å². The highest BCUT2D eigenvalue weighted by Gasteiger charge is 2.23. The maximum Gasteiger partial charge on any atom is 0.122 e. The lowest BCUT2D eigenvalue weighted by Gasteiger charge is -2.37. The van der Waals surface area contributed by atoms with E-state index in [2.05, 4.69) is 78.4 Å². The molecule has 0 saturated carbocycles. The van der Waals surface area contributed by atoms with Crippen LogP contribution in [-0.4, -0.2) is 35.5 Å². The predicted molar refractivity (Wildman–Crippen MR) is 125 cm³/mol. The molecule has 4 nitrogen and oxygen atoms in total. The fraction of sp³-hybridized carbons (Fsp3) is 0.385. The molecule has 1 aromatic rings. The molecule has 0 aliphatic carbocycles. The first-order valence-corrected chi connectivity index (χ1v) is 11.2. The Bertz CT molecular complexity index is 943. The van der Waals surface area contributed by atoms with Gasteiger partial charge in [0.05, 0.1) is 12.3 Å². The van der Waals surface area contributed by atoms with Crippen molar-refractivity contribution in [1.29, 1.82) is 0 Å². The Morgan fingerprint density at radius 3 is 2.60 bits per heavy atom. The van der Waals surface area contributed by atoms with Crippen molar-refractivity contribution in [2.45, 2.75) is 46.1 Å². The number of rotatable bonds is 5. The van der Waals surface area contributed by atoms with E-state index in [-0.39, 0.29) is 0 Å². The number of fused-ring (bicyclic) bond motifs is 1. The molecular weight excluding hydrogens is 370 g/mol. The van der Waals surface area contributed by atoms with Gasteiger partial charge < -0.3 is 20.3 Å². The van der Waals surface area contributed by atoms with Gasteiger partial charge in [-0.3, -0.25) is 0 Å². The SMILES string of the molecule is CC/C=C1/C=C(c2ccc(C)c(OCC)c2)C=C2C=CC(N3CCC(N)CC3)=CN21. The smallest absolute Gasteiger partial charge is 0.122 e. The van der Waals surface area contributed by atoms with Crippen LogP contribution in [0, 0.1) is 6.92 Å². The van der Waals surface area contributed by atoms with Crippen LogP contribution in [0.4, 0.5) is 0 Å². The summed E-state index contributed by atoms with van der Waals surface area (Å²) in [4.78, 5) is 4.77. The van der Waals surface area contributed by atoms with Crippen molar-refractivity contribution in [1.82, 2.24) is 9.80 Å². The molecule has 3 heterocycles. The molecule has 0 spiro atoms. The molecule has 0 aromatic heterocycles. The third kappa shape index (κ3) is 4.24. The molecule has 1 aromatic carbocycles. The van der Waals surface area contributed by atoms with Crippen LogP contribution in [0.15, 0.2) is 71.9 Å². The van der Waals surface area contributed by atoms with E-state index in [1.165, 1.54) is 33.8 Å². The number of piperidine rings is 1. The molecule has 4 rings (SSSR count). The Hall–Kier alpha value is -2.72. The number of likely N-dealkylation sites (tertiary alicyclic amines) is 1. The molecule has 0 radical (unpaired) electrons. The lowest BCUT2D eigenvalue weighted by Crippen LogP contribution is -2.39. The van der Waals surface area contributed by atoms with E-state index in [4.69, 9.17) is 10.5 Å². The number of allylic oxidation sites excluding steroid dienone is 6. The second kappa shape index (κ2) is 8.97. The number of nitrogens with zero attached hydrogens (tertiary/aromatic N) is 2. The van der Waals surface area contributed by atoms with E-state index in [0.717, 1.165) is 38.1 Å². The molecule has 0 atom stereocenters. The molecule has 3 aliphatic rings. The van der Waals surface area contributed by atoms with E-state index >= 15 is 0 Å². The average molecular weight is 404 g/mol. The van der Waals surface area contributed by atoms with Crippen LogP contribution in [0.5, 0.6) is 5.75 Å². The van der Waals surface area contributed by atoms with Crippen LogP contribution in [0.3, 0.4) is 0 Å². The number of nitrogens with two attached hydrogens (primary N) is 1. The Kier molecular flexibility index (Phi) is 6.14. The summed E-state index contributed by atoms with van der Waals surface area (Å²) in [5, 5.41) is 0. The van der Waals surface area contributed by atoms with Gasteiger partial charge in [-0.2, -0.15) is 0 Å². The van der Waals surface area contributed by atoms with E-state index < -0.39 is 0 Å². The molecule has 2 N–H and O–H groups in total. The fourth-order valence-corrected chi connectivity index (χ4v) is 4.24. The summed E-state index contributed by atoms with van der Waals surface area (Å²) >= 11 is 0. The summed E-state index contributed by atoms with van der Waals surface area (Å²) in [7, 11) is 0. The Balaban J connectivity index is 1.64. The van der Waals surface area contributed by atoms with Crippen molar-refractivity contribution in [2.75, 3.05) is 19.7 Å². The summed E-state index contributed by atoms with van der Waals surface area (Å²) in [5.41, 5.74) is 13.4. The van der Waals surface area contributed by atoms with Gasteiger partial charge in [-0.05, 0) is 80.2 Å². The summed E-state index contributed by atoms with van der Waals surface area (Å²) in [6.45, 7) is 9.05. The average Bonchev–Trinajstić information content (AvgIpc) is 2.76. The van der Waals surface area contributed by atoms with Gasteiger partial charge in [-0.1, -0.05) is 25.1 Å². The highest BCUT2D eigenvalue weighted by molar-refractivity contribution is 5.80. The molecule has 4 heteroatoms. The van der Waals surface area contributed by atoms with E-state index in [1.807, 2.05) is 6.92 Å². The Morgan fingerprint density at radius 2 is 1.87 bits per heavy atom. The van der Waals surface area contributed by atoms with Gasteiger partial charge in [0.15, 0.2) is 0 Å². The number of hydrogen-bond donors (Lipinski definition) is 1. The second-order valence-corrected chi connectivity index (χ2v) is 8.20. The summed E-state index contributed by atoms with van der Waals surface area (Å²) in [6.07, 6.45) is 16.7. The monoisotopic (exact) mass is 403 g/mol. The largest absolute Gasteiger partial charge is 0.494 e. The first kappa shape index (κ1) is 20.5. The van der Waals surface area contributed by atoms with Crippen LogP contribution in [0.1, 0.15) is 44.2 Å². The van der Waals surface area contributed by atoms with Crippen LogP contribution >= 0.6 is 0 Å². The molecule has 158 valence electrons. The molecule has 0 bridgehead atoms. The zero-order valence-corrected chi connectivity index (χ0v) is 18.4. The lowest BCUT2D eigenvalue weighted by molar-refractivity contribution is 0.266. The number of benzene rings is 1. The normalized spacial score (nSPS) is 20.7. The van der Waals surface area contributed by atoms with Gasteiger partial charge in [-0.25, -0.2) is 0 Å². The minimum absolute atomic E-state index is 0.344. The molecule has 1 saturated heterocycles. The molecule has 0 amide bonds. The van der Waals surface area contributed by atoms with Gasteiger partial charge in [0.25, 0.3) is 0 Å². The fourth-order valence-electron chi connectivity index (χ4n) is 4.24. The molecule has 1 fully saturated rings. The van der Waals surface area contributed by atoms with Crippen LogP contribution in [0.25, 0.3) is 5.57 Å². The molecule has 3 aliphatic heterocycles. The van der Waals surface area contributed by atoms with Gasteiger partial charge in [0, 0.05) is 36.7 Å². The van der Waals surface area contributed by atoms with Gasteiger partial charge in [-0.15, -0.1) is 0 Å². The van der Waals surface area contributed by atoms with Crippen molar-refractivity contribution in [3.05, 3.63) is 83.0 Å². The van der Waals surface area contributed by atoms with Crippen molar-refractivity contribution in [3.63, 3.8) is 0 Å². The maximum atomic E-state index is 6.09. The third-order valence-electron chi connectivity index (χ3n) is 5.99. The van der Waals surface area contributed by atoms with Crippen LogP contribution in [-0.2, 0) is 0 Å². The van der Waals surface area contributed by atoms with E-state index in [1.54, 1.807) is 0 Å². The molecule has 30 heavy (non-hydrogen) atoms. The van der Waals surface area contributed by atoms with Gasteiger partial charge in [0.1, 0.15) is 5.75 Å². The van der Waals surface area contributed by atoms with Crippen LogP contribution < -0.4 is 10.5 Å². The Labute approximate surface area is 180 Å². The minimum Gasteiger partial charge on any atom is -0.494 e. The second-order valence-electron chi connectivity index (χ2n) is 8.20. The Morgan fingerprint density at radius 1 is 1.10 bits per heavy atom. The van der Waals surface area contributed by atoms with Gasteiger partial charge in [0.2, 0.25) is 0 Å². The third-order valence-corrected chi connectivity index (χ3v) is 5.99. The summed E-state index contributed by atoms with van der Waals surface area (Å²) in [6, 6.07) is 6.83. The zero-order valence-electron chi connectivity index (χ0n) is 18.4. The summed E-state index contributed by atoms with van der Waals surface area (Å²) in [5.74, 6) is 0.961. The first-order valence-electron chi connectivity index (χ1n) is 11.2. The van der Waals surface area contributed by atoms with Crippen molar-refractivity contribution >= 4 is 5.57 Å². The minimum atomic E-state index is 0.344. The van der Waals surface area contributed by atoms with E-state index in [9.17, 15) is 0 Å². The lowest BCUT2D eigenvalue weighted by atomic mass is 9.96. The predicted octanol–water partition coefficient (Wildman–Crippen LogP) is 5.10. The van der Waals surface area contributed by atoms with Crippen molar-refractivity contribution in [3.8, 4) is 5.75 Å². The van der Waals surface area contributed by atoms with Crippen molar-refractivity contribution in [2.24, 2.45) is 5.73 Å². The van der Waals surface area contributed by atoms with Gasteiger partial charge >= 0.3 is 0 Å². The number of aryl methyl sites for hydroxylation is 1. The molecule has 0 unspecified atom stereocenters.